The molecule has 1 aliphatic carbocycles. The van der Waals surface area contributed by atoms with Crippen LogP contribution in [0.4, 0.5) is 0 Å². The largest absolute Gasteiger partial charge is 0.390 e. The van der Waals surface area contributed by atoms with E-state index in [2.05, 4.69) is 52.3 Å². The van der Waals surface area contributed by atoms with Crippen molar-refractivity contribution in [2.75, 3.05) is 26.2 Å². The van der Waals surface area contributed by atoms with Gasteiger partial charge in [-0.05, 0) is 29.9 Å². The molecule has 2 aliphatic rings. The topological polar surface area (TPSA) is 46.9 Å². The first-order valence-electron chi connectivity index (χ1n) is 11.1. The molecule has 0 aromatic heterocycles. The normalized spacial score (nSPS) is 22.4. The fourth-order valence-corrected chi connectivity index (χ4v) is 5.08. The van der Waals surface area contributed by atoms with Gasteiger partial charge in [0.2, 0.25) is 0 Å². The first-order chi connectivity index (χ1) is 14.2. The molecule has 156 valence electrons. The quantitative estimate of drug-likeness (QED) is 0.755. The van der Waals surface area contributed by atoms with Gasteiger partial charge in [-0.2, -0.15) is 0 Å². The van der Waals surface area contributed by atoms with Crippen LogP contribution in [0.3, 0.4) is 0 Å². The van der Waals surface area contributed by atoms with Crippen molar-refractivity contribution in [3.8, 4) is 0 Å². The van der Waals surface area contributed by atoms with Crippen LogP contribution in [0.25, 0.3) is 0 Å². The van der Waals surface area contributed by atoms with E-state index in [-0.39, 0.29) is 12.0 Å². The second-order valence-corrected chi connectivity index (χ2v) is 8.68. The van der Waals surface area contributed by atoms with Crippen LogP contribution in [-0.2, 0) is 6.54 Å². The molecule has 2 aromatic carbocycles. The van der Waals surface area contributed by atoms with Gasteiger partial charge in [0, 0.05) is 32.7 Å². The number of rotatable bonds is 7. The average molecular weight is 395 g/mol. The molecule has 4 rings (SSSR count). The Morgan fingerprint density at radius 3 is 2.00 bits per heavy atom. The van der Waals surface area contributed by atoms with Crippen LogP contribution < -0.4 is 0 Å². The van der Waals surface area contributed by atoms with E-state index in [1.165, 1.54) is 18.4 Å². The minimum Gasteiger partial charge on any atom is -0.390 e. The van der Waals surface area contributed by atoms with Crippen LogP contribution in [0, 0.1) is 5.92 Å². The smallest absolute Gasteiger partial charge is 0.0998 e. The van der Waals surface area contributed by atoms with E-state index in [1.807, 2.05) is 18.2 Å². The number of hydrogen-bond donors (Lipinski definition) is 2. The van der Waals surface area contributed by atoms with Crippen molar-refractivity contribution < 1.29 is 10.2 Å². The van der Waals surface area contributed by atoms with Gasteiger partial charge >= 0.3 is 0 Å². The van der Waals surface area contributed by atoms with E-state index in [0.717, 1.165) is 51.1 Å². The average Bonchev–Trinajstić information content (AvgIpc) is 3.31. The summed E-state index contributed by atoms with van der Waals surface area (Å²) >= 11 is 0. The van der Waals surface area contributed by atoms with Gasteiger partial charge in [0.25, 0.3) is 0 Å². The highest BCUT2D eigenvalue weighted by Crippen LogP contribution is 2.35. The van der Waals surface area contributed by atoms with Gasteiger partial charge in [0.15, 0.2) is 0 Å². The van der Waals surface area contributed by atoms with Crippen molar-refractivity contribution in [2.24, 2.45) is 5.92 Å². The summed E-state index contributed by atoms with van der Waals surface area (Å²) in [6.07, 6.45) is 3.01. The molecule has 2 aromatic rings. The zero-order chi connectivity index (χ0) is 20.1. The van der Waals surface area contributed by atoms with Gasteiger partial charge in [-0.1, -0.05) is 73.5 Å². The summed E-state index contributed by atoms with van der Waals surface area (Å²) in [5.41, 5.74) is 2.45. The summed E-state index contributed by atoms with van der Waals surface area (Å²) in [4.78, 5) is 4.85. The van der Waals surface area contributed by atoms with Crippen LogP contribution in [0.15, 0.2) is 60.7 Å². The van der Waals surface area contributed by atoms with Crippen LogP contribution >= 0.6 is 0 Å². The summed E-state index contributed by atoms with van der Waals surface area (Å²) in [6, 6.07) is 20.7. The Morgan fingerprint density at radius 2 is 1.38 bits per heavy atom. The molecule has 1 saturated heterocycles. The zero-order valence-electron chi connectivity index (χ0n) is 17.2. The predicted molar refractivity (Wildman–Crippen MR) is 116 cm³/mol. The van der Waals surface area contributed by atoms with Crippen molar-refractivity contribution in [1.29, 1.82) is 0 Å². The minimum absolute atomic E-state index is 0.148. The second-order valence-electron chi connectivity index (χ2n) is 8.68. The van der Waals surface area contributed by atoms with E-state index in [1.54, 1.807) is 0 Å². The van der Waals surface area contributed by atoms with Crippen molar-refractivity contribution in [3.05, 3.63) is 71.8 Å². The van der Waals surface area contributed by atoms with Gasteiger partial charge in [-0.3, -0.25) is 9.80 Å². The molecule has 2 fully saturated rings. The number of benzene rings is 2. The van der Waals surface area contributed by atoms with Crippen LogP contribution in [0.5, 0.6) is 0 Å². The fraction of sp³-hybridized carbons (Fsp3) is 0.520. The molecular formula is C25H34N2O2. The molecule has 0 bridgehead atoms. The lowest BCUT2D eigenvalue weighted by molar-refractivity contribution is -0.0718. The van der Waals surface area contributed by atoms with Crippen LogP contribution in [0.1, 0.15) is 42.9 Å². The Kier molecular flexibility index (Phi) is 6.98. The molecule has 29 heavy (non-hydrogen) atoms. The lowest BCUT2D eigenvalue weighted by Gasteiger charge is -2.43. The fourth-order valence-electron chi connectivity index (χ4n) is 5.08. The molecule has 1 aliphatic heterocycles. The second kappa shape index (κ2) is 9.86. The summed E-state index contributed by atoms with van der Waals surface area (Å²) < 4.78 is 0. The van der Waals surface area contributed by atoms with Gasteiger partial charge < -0.3 is 10.2 Å². The van der Waals surface area contributed by atoms with E-state index >= 15 is 0 Å². The maximum Gasteiger partial charge on any atom is 0.0998 e. The Balaban J connectivity index is 1.44. The first kappa shape index (κ1) is 20.5. The van der Waals surface area contributed by atoms with E-state index < -0.39 is 12.2 Å². The van der Waals surface area contributed by atoms with Crippen molar-refractivity contribution in [1.82, 2.24) is 9.80 Å². The summed E-state index contributed by atoms with van der Waals surface area (Å²) in [5.74, 6) is 0.232. The molecular weight excluding hydrogens is 360 g/mol. The molecule has 3 atom stereocenters. The maximum atomic E-state index is 11.2. The molecule has 4 heteroatoms. The number of hydrogen-bond acceptors (Lipinski definition) is 4. The molecule has 3 unspecified atom stereocenters. The van der Waals surface area contributed by atoms with Gasteiger partial charge in [0.05, 0.1) is 18.2 Å². The van der Waals surface area contributed by atoms with Crippen molar-refractivity contribution >= 4 is 0 Å². The molecule has 4 nitrogen and oxygen atoms in total. The third-order valence-corrected chi connectivity index (χ3v) is 6.75. The van der Waals surface area contributed by atoms with Crippen LogP contribution in [0.2, 0.25) is 0 Å². The van der Waals surface area contributed by atoms with E-state index in [0.29, 0.717) is 0 Å². The third-order valence-electron chi connectivity index (χ3n) is 6.75. The predicted octanol–water partition coefficient (Wildman–Crippen LogP) is 3.46. The third kappa shape index (κ3) is 5.07. The molecule has 0 spiro atoms. The molecule has 0 radical (unpaired) electrons. The van der Waals surface area contributed by atoms with Crippen molar-refractivity contribution in [3.63, 3.8) is 0 Å². The highest BCUT2D eigenvalue weighted by atomic mass is 16.3. The summed E-state index contributed by atoms with van der Waals surface area (Å²) in [5, 5.41) is 22.2. The number of aliphatic hydroxyl groups is 2. The highest BCUT2D eigenvalue weighted by Gasteiger charge is 2.38. The maximum absolute atomic E-state index is 11.2. The SMILES string of the molecule is OC(C1CCCC1)C(O)C(c1ccccc1)N1CCN(Cc2ccccc2)CC1. The highest BCUT2D eigenvalue weighted by molar-refractivity contribution is 5.21. The van der Waals surface area contributed by atoms with Crippen molar-refractivity contribution in [2.45, 2.75) is 50.5 Å². The Bertz CT molecular complexity index is 725. The Hall–Kier alpha value is -1.72. The molecule has 2 N–H and O–H groups in total. The number of piperazine rings is 1. The summed E-state index contributed by atoms with van der Waals surface area (Å²) in [7, 11) is 0. The van der Waals surface area contributed by atoms with Crippen LogP contribution in [-0.4, -0.2) is 58.4 Å². The monoisotopic (exact) mass is 394 g/mol. The van der Waals surface area contributed by atoms with Gasteiger partial charge in [-0.15, -0.1) is 0 Å². The minimum atomic E-state index is -0.749. The lowest BCUT2D eigenvalue weighted by atomic mass is 9.88. The molecule has 0 amide bonds. The Labute approximate surface area is 174 Å². The first-order valence-corrected chi connectivity index (χ1v) is 11.1. The lowest BCUT2D eigenvalue weighted by Crippen LogP contribution is -2.52. The number of aliphatic hydroxyl groups excluding tert-OH is 2. The standard InChI is InChI=1S/C25H34N2O2/c28-24(22-13-7-8-14-22)25(29)23(21-11-5-2-6-12-21)27-17-15-26(16-18-27)19-20-9-3-1-4-10-20/h1-6,9-12,22-25,28-29H,7-8,13-19H2. The van der Waals surface area contributed by atoms with E-state index in [4.69, 9.17) is 0 Å². The van der Waals surface area contributed by atoms with Gasteiger partial charge in [0.1, 0.15) is 0 Å². The van der Waals surface area contributed by atoms with E-state index in [9.17, 15) is 10.2 Å². The molecule has 1 saturated carbocycles. The Morgan fingerprint density at radius 1 is 0.793 bits per heavy atom. The summed E-state index contributed by atoms with van der Waals surface area (Å²) in [6.45, 7) is 4.73. The number of nitrogens with zero attached hydrogens (tertiary/aromatic N) is 2. The van der Waals surface area contributed by atoms with Gasteiger partial charge in [-0.25, -0.2) is 0 Å². The molecule has 1 heterocycles. The zero-order valence-corrected chi connectivity index (χ0v) is 17.2.